The molecule has 2 N–H and O–H groups in total. The minimum absolute atomic E-state index is 0.491. The Morgan fingerprint density at radius 2 is 1.82 bits per heavy atom. The molecule has 1 unspecified atom stereocenters. The van der Waals surface area contributed by atoms with E-state index in [0.29, 0.717) is 23.6 Å². The van der Waals surface area contributed by atoms with Gasteiger partial charge in [0, 0.05) is 6.54 Å². The lowest BCUT2D eigenvalue weighted by molar-refractivity contribution is 0.166. The normalized spacial score (nSPS) is 12.2. The molecule has 0 aliphatic rings. The fourth-order valence-corrected chi connectivity index (χ4v) is 1.73. The van der Waals surface area contributed by atoms with Gasteiger partial charge in [0.25, 0.3) is 0 Å². The standard InChI is InChI=1S/C13H21NO3/c1-4-8-14-9-10(15)13-11(16-2)6-5-7-12(13)17-3/h5-7,10,14-15H,4,8-9H2,1-3H3. The van der Waals surface area contributed by atoms with E-state index in [1.165, 1.54) is 0 Å². The first-order chi connectivity index (χ1) is 8.24. The van der Waals surface area contributed by atoms with Crippen molar-refractivity contribution >= 4 is 0 Å². The molecular weight excluding hydrogens is 218 g/mol. The van der Waals surface area contributed by atoms with Gasteiger partial charge in [0.2, 0.25) is 0 Å². The lowest BCUT2D eigenvalue weighted by atomic mass is 10.1. The number of benzene rings is 1. The summed E-state index contributed by atoms with van der Waals surface area (Å²) in [4.78, 5) is 0. The van der Waals surface area contributed by atoms with E-state index in [1.807, 2.05) is 18.2 Å². The summed E-state index contributed by atoms with van der Waals surface area (Å²) >= 11 is 0. The Morgan fingerprint density at radius 1 is 1.24 bits per heavy atom. The number of hydrogen-bond acceptors (Lipinski definition) is 4. The van der Waals surface area contributed by atoms with Crippen LogP contribution in [-0.4, -0.2) is 32.4 Å². The predicted octanol–water partition coefficient (Wildman–Crippen LogP) is 1.74. The Labute approximate surface area is 103 Å². The SMILES string of the molecule is CCCNCC(O)c1c(OC)cccc1OC. The number of aliphatic hydroxyl groups excluding tert-OH is 1. The highest BCUT2D eigenvalue weighted by Crippen LogP contribution is 2.33. The summed E-state index contributed by atoms with van der Waals surface area (Å²) in [5.41, 5.74) is 0.695. The van der Waals surface area contributed by atoms with Crippen molar-refractivity contribution in [2.45, 2.75) is 19.4 Å². The Hall–Kier alpha value is -1.26. The number of hydrogen-bond donors (Lipinski definition) is 2. The first-order valence-electron chi connectivity index (χ1n) is 5.84. The largest absolute Gasteiger partial charge is 0.496 e. The maximum atomic E-state index is 10.1. The molecule has 1 rings (SSSR count). The number of nitrogens with one attached hydrogen (secondary N) is 1. The van der Waals surface area contributed by atoms with Crippen molar-refractivity contribution in [3.8, 4) is 11.5 Å². The van der Waals surface area contributed by atoms with Crippen molar-refractivity contribution in [1.82, 2.24) is 5.32 Å². The van der Waals surface area contributed by atoms with Crippen LogP contribution >= 0.6 is 0 Å². The second-order valence-electron chi connectivity index (χ2n) is 3.80. The molecule has 0 aliphatic carbocycles. The molecule has 0 saturated heterocycles. The molecule has 1 atom stereocenters. The van der Waals surface area contributed by atoms with Crippen LogP contribution in [0.5, 0.6) is 11.5 Å². The van der Waals surface area contributed by atoms with E-state index in [4.69, 9.17) is 9.47 Å². The number of ether oxygens (including phenoxy) is 2. The van der Waals surface area contributed by atoms with Crippen LogP contribution in [0.25, 0.3) is 0 Å². The summed E-state index contributed by atoms with van der Waals surface area (Å²) < 4.78 is 10.5. The van der Waals surface area contributed by atoms with Crippen molar-refractivity contribution in [3.05, 3.63) is 23.8 Å². The number of methoxy groups -OCH3 is 2. The zero-order chi connectivity index (χ0) is 12.7. The third kappa shape index (κ3) is 3.61. The summed E-state index contributed by atoms with van der Waals surface area (Å²) in [5.74, 6) is 1.30. The van der Waals surface area contributed by atoms with Gasteiger partial charge in [-0.05, 0) is 25.1 Å². The summed E-state index contributed by atoms with van der Waals surface area (Å²) in [6.45, 7) is 3.46. The van der Waals surface area contributed by atoms with Crippen molar-refractivity contribution in [3.63, 3.8) is 0 Å². The molecule has 0 heterocycles. The zero-order valence-electron chi connectivity index (χ0n) is 10.7. The molecule has 0 aromatic heterocycles. The third-order valence-corrected chi connectivity index (χ3v) is 2.56. The van der Waals surface area contributed by atoms with E-state index < -0.39 is 6.10 Å². The summed E-state index contributed by atoms with van der Waals surface area (Å²) in [7, 11) is 3.18. The van der Waals surface area contributed by atoms with Crippen LogP contribution in [-0.2, 0) is 0 Å². The molecule has 0 fully saturated rings. The maximum Gasteiger partial charge on any atom is 0.128 e. The first kappa shape index (κ1) is 13.8. The fraction of sp³-hybridized carbons (Fsp3) is 0.538. The molecular formula is C13H21NO3. The molecule has 17 heavy (non-hydrogen) atoms. The van der Waals surface area contributed by atoms with Crippen molar-refractivity contribution in [2.24, 2.45) is 0 Å². The van der Waals surface area contributed by atoms with E-state index in [0.717, 1.165) is 13.0 Å². The topological polar surface area (TPSA) is 50.7 Å². The minimum Gasteiger partial charge on any atom is -0.496 e. The van der Waals surface area contributed by atoms with Gasteiger partial charge >= 0.3 is 0 Å². The van der Waals surface area contributed by atoms with Crippen LogP contribution in [0.2, 0.25) is 0 Å². The third-order valence-electron chi connectivity index (χ3n) is 2.56. The van der Waals surface area contributed by atoms with Gasteiger partial charge in [-0.2, -0.15) is 0 Å². The minimum atomic E-state index is -0.632. The van der Waals surface area contributed by atoms with E-state index in [-0.39, 0.29) is 0 Å². The molecule has 0 saturated carbocycles. The monoisotopic (exact) mass is 239 g/mol. The average Bonchev–Trinajstić information content (AvgIpc) is 2.37. The molecule has 0 aliphatic heterocycles. The van der Waals surface area contributed by atoms with Crippen LogP contribution in [0.15, 0.2) is 18.2 Å². The Morgan fingerprint density at radius 3 is 2.29 bits per heavy atom. The van der Waals surface area contributed by atoms with Crippen LogP contribution in [0.3, 0.4) is 0 Å². The highest BCUT2D eigenvalue weighted by Gasteiger charge is 2.17. The fourth-order valence-electron chi connectivity index (χ4n) is 1.73. The van der Waals surface area contributed by atoms with Crippen LogP contribution in [0, 0.1) is 0 Å². The van der Waals surface area contributed by atoms with E-state index in [2.05, 4.69) is 12.2 Å². The van der Waals surface area contributed by atoms with Gasteiger partial charge in [-0.1, -0.05) is 13.0 Å². The first-order valence-corrected chi connectivity index (χ1v) is 5.84. The smallest absolute Gasteiger partial charge is 0.128 e. The van der Waals surface area contributed by atoms with Gasteiger partial charge in [0.15, 0.2) is 0 Å². The highest BCUT2D eigenvalue weighted by molar-refractivity contribution is 5.46. The Kier molecular flexibility index (Phi) is 5.80. The van der Waals surface area contributed by atoms with Crippen LogP contribution in [0.1, 0.15) is 25.0 Å². The summed E-state index contributed by atoms with van der Waals surface area (Å²) in [6, 6.07) is 5.48. The summed E-state index contributed by atoms with van der Waals surface area (Å²) in [5, 5.41) is 13.3. The Balaban J connectivity index is 2.85. The second kappa shape index (κ2) is 7.14. The molecule has 0 amide bonds. The Bertz CT molecular complexity index is 319. The van der Waals surface area contributed by atoms with Crippen molar-refractivity contribution in [1.29, 1.82) is 0 Å². The van der Waals surface area contributed by atoms with E-state index >= 15 is 0 Å². The van der Waals surface area contributed by atoms with Gasteiger partial charge in [-0.15, -0.1) is 0 Å². The maximum absolute atomic E-state index is 10.1. The van der Waals surface area contributed by atoms with Crippen LogP contribution < -0.4 is 14.8 Å². The molecule has 96 valence electrons. The van der Waals surface area contributed by atoms with Gasteiger partial charge < -0.3 is 19.9 Å². The van der Waals surface area contributed by atoms with E-state index in [9.17, 15) is 5.11 Å². The molecule has 0 spiro atoms. The van der Waals surface area contributed by atoms with Gasteiger partial charge in [-0.25, -0.2) is 0 Å². The van der Waals surface area contributed by atoms with Gasteiger partial charge in [-0.3, -0.25) is 0 Å². The molecule has 1 aromatic rings. The lowest BCUT2D eigenvalue weighted by Gasteiger charge is -2.18. The van der Waals surface area contributed by atoms with Crippen molar-refractivity contribution < 1.29 is 14.6 Å². The molecule has 4 nitrogen and oxygen atoms in total. The summed E-state index contributed by atoms with van der Waals surface area (Å²) in [6.07, 6.45) is 0.406. The van der Waals surface area contributed by atoms with Crippen LogP contribution in [0.4, 0.5) is 0 Å². The molecule has 0 radical (unpaired) electrons. The number of aliphatic hydroxyl groups is 1. The lowest BCUT2D eigenvalue weighted by Crippen LogP contribution is -2.22. The van der Waals surface area contributed by atoms with Crippen molar-refractivity contribution in [2.75, 3.05) is 27.3 Å². The zero-order valence-corrected chi connectivity index (χ0v) is 10.7. The quantitative estimate of drug-likeness (QED) is 0.712. The number of rotatable bonds is 7. The van der Waals surface area contributed by atoms with Gasteiger partial charge in [0.1, 0.15) is 11.5 Å². The molecule has 4 heteroatoms. The molecule has 1 aromatic carbocycles. The van der Waals surface area contributed by atoms with E-state index in [1.54, 1.807) is 14.2 Å². The molecule has 0 bridgehead atoms. The second-order valence-corrected chi connectivity index (χ2v) is 3.80. The highest BCUT2D eigenvalue weighted by atomic mass is 16.5. The predicted molar refractivity (Wildman–Crippen MR) is 67.7 cm³/mol. The van der Waals surface area contributed by atoms with Gasteiger partial charge in [0.05, 0.1) is 25.9 Å². The average molecular weight is 239 g/mol.